The maximum absolute atomic E-state index is 12.7. The molecule has 24 heavy (non-hydrogen) atoms. The van der Waals surface area contributed by atoms with Gasteiger partial charge in [-0.25, -0.2) is 0 Å². The predicted octanol–water partition coefficient (Wildman–Crippen LogP) is 2.31. The molecule has 2 aliphatic heterocycles. The van der Waals surface area contributed by atoms with E-state index in [4.69, 9.17) is 17.3 Å². The number of carbonyl (C=O) groups excluding carboxylic acids is 2. The summed E-state index contributed by atoms with van der Waals surface area (Å²) in [7, 11) is 0. The van der Waals surface area contributed by atoms with Gasteiger partial charge in [0.1, 0.15) is 5.92 Å². The molecular formula is C17H23Cl2N3O2. The number of benzene rings is 1. The van der Waals surface area contributed by atoms with E-state index in [1.54, 1.807) is 21.9 Å². The lowest BCUT2D eigenvalue weighted by Crippen LogP contribution is -2.40. The van der Waals surface area contributed by atoms with Crippen molar-refractivity contribution < 1.29 is 9.59 Å². The Balaban J connectivity index is 0.00000208. The SMILES string of the molecule is CC1(CN)CCN(C(=O)C2CCN(c3ccc(Cl)cc3)C2=O)C1.Cl. The molecule has 2 saturated heterocycles. The Hall–Kier alpha value is -1.30. The molecule has 7 heteroatoms. The normalized spacial score (nSPS) is 26.6. The zero-order chi connectivity index (χ0) is 16.6. The van der Waals surface area contributed by atoms with Gasteiger partial charge in [-0.1, -0.05) is 18.5 Å². The fourth-order valence-corrected chi connectivity index (χ4v) is 3.51. The van der Waals surface area contributed by atoms with Gasteiger partial charge >= 0.3 is 0 Å². The summed E-state index contributed by atoms with van der Waals surface area (Å²) in [4.78, 5) is 28.8. The number of likely N-dealkylation sites (tertiary alicyclic amines) is 1. The molecule has 2 aliphatic rings. The van der Waals surface area contributed by atoms with Crippen molar-refractivity contribution in [2.75, 3.05) is 31.1 Å². The van der Waals surface area contributed by atoms with Crippen LogP contribution in [0.15, 0.2) is 24.3 Å². The number of nitrogens with zero attached hydrogens (tertiary/aromatic N) is 2. The van der Waals surface area contributed by atoms with Gasteiger partial charge in [0.2, 0.25) is 11.8 Å². The summed E-state index contributed by atoms with van der Waals surface area (Å²) in [5.41, 5.74) is 6.57. The minimum Gasteiger partial charge on any atom is -0.341 e. The van der Waals surface area contributed by atoms with Crippen molar-refractivity contribution in [3.63, 3.8) is 0 Å². The molecule has 2 heterocycles. The molecule has 2 atom stereocenters. The van der Waals surface area contributed by atoms with Gasteiger partial charge in [-0.3, -0.25) is 9.59 Å². The summed E-state index contributed by atoms with van der Waals surface area (Å²) in [5.74, 6) is -0.729. The van der Waals surface area contributed by atoms with Crippen LogP contribution in [0.1, 0.15) is 19.8 Å². The second-order valence-electron chi connectivity index (χ2n) is 6.83. The van der Waals surface area contributed by atoms with Crippen molar-refractivity contribution in [3.05, 3.63) is 29.3 Å². The van der Waals surface area contributed by atoms with Crippen molar-refractivity contribution in [1.82, 2.24) is 4.90 Å². The molecular weight excluding hydrogens is 349 g/mol. The fraction of sp³-hybridized carbons (Fsp3) is 0.529. The lowest BCUT2D eigenvalue weighted by atomic mass is 9.90. The molecule has 0 bridgehead atoms. The molecule has 3 rings (SSSR count). The number of amides is 2. The lowest BCUT2D eigenvalue weighted by molar-refractivity contribution is -0.139. The quantitative estimate of drug-likeness (QED) is 0.828. The van der Waals surface area contributed by atoms with E-state index < -0.39 is 5.92 Å². The van der Waals surface area contributed by atoms with Crippen LogP contribution in [0.3, 0.4) is 0 Å². The molecule has 0 aromatic heterocycles. The molecule has 1 aromatic rings. The van der Waals surface area contributed by atoms with Crippen LogP contribution in [0.5, 0.6) is 0 Å². The molecule has 2 fully saturated rings. The molecule has 2 unspecified atom stereocenters. The monoisotopic (exact) mass is 371 g/mol. The average molecular weight is 372 g/mol. The fourth-order valence-electron chi connectivity index (χ4n) is 3.39. The molecule has 1 aromatic carbocycles. The topological polar surface area (TPSA) is 66.6 Å². The zero-order valence-corrected chi connectivity index (χ0v) is 15.3. The van der Waals surface area contributed by atoms with Gasteiger partial charge in [-0.15, -0.1) is 12.4 Å². The highest BCUT2D eigenvalue weighted by Gasteiger charge is 2.43. The van der Waals surface area contributed by atoms with Crippen molar-refractivity contribution in [2.45, 2.75) is 19.8 Å². The van der Waals surface area contributed by atoms with E-state index in [0.717, 1.165) is 12.1 Å². The first-order chi connectivity index (χ1) is 10.9. The number of rotatable bonds is 3. The summed E-state index contributed by atoms with van der Waals surface area (Å²) < 4.78 is 0. The smallest absolute Gasteiger partial charge is 0.239 e. The Morgan fingerprint density at radius 2 is 2.00 bits per heavy atom. The molecule has 2 N–H and O–H groups in total. The standard InChI is InChI=1S/C17H22ClN3O2.ClH/c1-17(10-19)7-9-20(11-17)15(22)14-6-8-21(16(14)23)13-4-2-12(18)3-5-13;/h2-5,14H,6-11,19H2,1H3;1H. The first-order valence-electron chi connectivity index (χ1n) is 7.99. The van der Waals surface area contributed by atoms with E-state index >= 15 is 0 Å². The van der Waals surface area contributed by atoms with Gasteiger partial charge in [0.25, 0.3) is 0 Å². The Morgan fingerprint density at radius 3 is 2.58 bits per heavy atom. The zero-order valence-electron chi connectivity index (χ0n) is 13.7. The number of hydrogen-bond acceptors (Lipinski definition) is 3. The summed E-state index contributed by atoms with van der Waals surface area (Å²) >= 11 is 5.89. The van der Waals surface area contributed by atoms with Gasteiger partial charge in [0.15, 0.2) is 0 Å². The van der Waals surface area contributed by atoms with Gasteiger partial charge in [0, 0.05) is 30.3 Å². The van der Waals surface area contributed by atoms with Gasteiger partial charge in [-0.2, -0.15) is 0 Å². The highest BCUT2D eigenvalue weighted by atomic mass is 35.5. The molecule has 0 spiro atoms. The number of halogens is 2. The van der Waals surface area contributed by atoms with Crippen LogP contribution < -0.4 is 10.6 Å². The van der Waals surface area contributed by atoms with Gasteiger partial charge in [0.05, 0.1) is 0 Å². The van der Waals surface area contributed by atoms with E-state index in [9.17, 15) is 9.59 Å². The minimum atomic E-state index is -0.564. The third-order valence-electron chi connectivity index (χ3n) is 5.00. The summed E-state index contributed by atoms with van der Waals surface area (Å²) in [6.07, 6.45) is 1.47. The molecule has 5 nitrogen and oxygen atoms in total. The van der Waals surface area contributed by atoms with Crippen LogP contribution in [0.4, 0.5) is 5.69 Å². The Bertz CT molecular complexity index is 623. The van der Waals surface area contributed by atoms with Crippen LogP contribution in [-0.4, -0.2) is 42.9 Å². The highest BCUT2D eigenvalue weighted by molar-refractivity contribution is 6.30. The molecule has 132 valence electrons. The number of hydrogen-bond donors (Lipinski definition) is 1. The van der Waals surface area contributed by atoms with Crippen molar-refractivity contribution >= 4 is 41.5 Å². The predicted molar refractivity (Wildman–Crippen MR) is 97.5 cm³/mol. The minimum absolute atomic E-state index is 0. The van der Waals surface area contributed by atoms with E-state index in [-0.39, 0.29) is 29.6 Å². The van der Waals surface area contributed by atoms with E-state index in [0.29, 0.717) is 37.6 Å². The van der Waals surface area contributed by atoms with E-state index in [1.807, 2.05) is 12.1 Å². The van der Waals surface area contributed by atoms with E-state index in [1.165, 1.54) is 0 Å². The van der Waals surface area contributed by atoms with Crippen LogP contribution >= 0.6 is 24.0 Å². The van der Waals surface area contributed by atoms with Crippen molar-refractivity contribution in [2.24, 2.45) is 17.1 Å². The third kappa shape index (κ3) is 3.53. The molecule has 0 radical (unpaired) electrons. The highest BCUT2D eigenvalue weighted by Crippen LogP contribution is 2.32. The molecule has 0 saturated carbocycles. The molecule has 2 amide bonds. The largest absolute Gasteiger partial charge is 0.341 e. The Labute approximate surface area is 153 Å². The number of nitrogens with two attached hydrogens (primary N) is 1. The lowest BCUT2D eigenvalue weighted by Gasteiger charge is -2.24. The van der Waals surface area contributed by atoms with Crippen molar-refractivity contribution in [3.8, 4) is 0 Å². The van der Waals surface area contributed by atoms with Crippen molar-refractivity contribution in [1.29, 1.82) is 0 Å². The molecule has 0 aliphatic carbocycles. The average Bonchev–Trinajstić information content (AvgIpc) is 3.12. The summed E-state index contributed by atoms with van der Waals surface area (Å²) in [5, 5.41) is 0.631. The van der Waals surface area contributed by atoms with Crippen LogP contribution in [0.25, 0.3) is 0 Å². The Kier molecular flexibility index (Phi) is 5.78. The van der Waals surface area contributed by atoms with Crippen LogP contribution in [-0.2, 0) is 9.59 Å². The maximum atomic E-state index is 12.7. The first kappa shape index (κ1) is 19.0. The van der Waals surface area contributed by atoms with E-state index in [2.05, 4.69) is 6.92 Å². The third-order valence-corrected chi connectivity index (χ3v) is 5.26. The number of carbonyl (C=O) groups is 2. The van der Waals surface area contributed by atoms with Gasteiger partial charge < -0.3 is 15.5 Å². The number of anilines is 1. The summed E-state index contributed by atoms with van der Waals surface area (Å²) in [6, 6.07) is 7.14. The maximum Gasteiger partial charge on any atom is 0.239 e. The van der Waals surface area contributed by atoms with Gasteiger partial charge in [-0.05, 0) is 49.1 Å². The van der Waals surface area contributed by atoms with Crippen LogP contribution in [0.2, 0.25) is 5.02 Å². The first-order valence-corrected chi connectivity index (χ1v) is 8.37. The Morgan fingerprint density at radius 1 is 1.33 bits per heavy atom. The second kappa shape index (κ2) is 7.30. The summed E-state index contributed by atoms with van der Waals surface area (Å²) in [6.45, 7) is 4.56. The second-order valence-corrected chi connectivity index (χ2v) is 7.27. The van der Waals surface area contributed by atoms with Crippen LogP contribution in [0, 0.1) is 11.3 Å².